The Morgan fingerprint density at radius 1 is 1.08 bits per heavy atom. The molecule has 280 valence electrons. The molecule has 5 rings (SSSR count). The zero-order valence-electron chi connectivity index (χ0n) is 32.4. The molecule has 0 N–H and O–H groups in total. The number of nitrogens with zero attached hydrogens (tertiary/aromatic N) is 7. The maximum Gasteiger partial charge on any atom is 0.410 e. The molecule has 51 heavy (non-hydrogen) atoms. The van der Waals surface area contributed by atoms with Gasteiger partial charge in [0.1, 0.15) is 17.7 Å². The number of aryl methyl sites for hydroxylation is 1. The standard InChI is InChI=1S/C37H55ClFN7O4Si/c1-22(2)28-29(27(40-21-41-28)13-14-37(15-16-37)20-49-51(11,12)36(8,9)10)46-32-25(17-26(39)30(38)42-32)31(43-33(46)47)44-18-24(4)45(19-23(44)3)34(48)50-35(5,6)7/h17,21-24H,13-16,18-20H2,1-12H3/t23-,24+/m0/s1. The van der Waals surface area contributed by atoms with Gasteiger partial charge in [0.25, 0.3) is 0 Å². The molecule has 14 heteroatoms. The van der Waals surface area contributed by atoms with E-state index in [4.69, 9.17) is 25.7 Å². The summed E-state index contributed by atoms with van der Waals surface area (Å²) in [6, 6.07) is 0.734. The summed E-state index contributed by atoms with van der Waals surface area (Å²) in [5, 5.41) is 0.0894. The molecule has 2 aliphatic rings. The van der Waals surface area contributed by atoms with Crippen LogP contribution in [0.5, 0.6) is 0 Å². The highest BCUT2D eigenvalue weighted by molar-refractivity contribution is 6.74. The van der Waals surface area contributed by atoms with Crippen LogP contribution < -0.4 is 10.6 Å². The number of ether oxygens (including phenoxy) is 1. The summed E-state index contributed by atoms with van der Waals surface area (Å²) in [5.41, 5.74) is 0.858. The third-order valence-corrected chi connectivity index (χ3v) is 15.5. The lowest BCUT2D eigenvalue weighted by Gasteiger charge is -2.44. The van der Waals surface area contributed by atoms with E-state index in [0.717, 1.165) is 19.3 Å². The smallest absolute Gasteiger partial charge is 0.410 e. The van der Waals surface area contributed by atoms with Gasteiger partial charge in [0.15, 0.2) is 24.9 Å². The number of carbonyl (C=O) groups excluding carboxylic acids is 1. The third-order valence-electron chi connectivity index (χ3n) is 10.7. The molecule has 1 saturated carbocycles. The summed E-state index contributed by atoms with van der Waals surface area (Å²) >= 11 is 6.34. The van der Waals surface area contributed by atoms with Gasteiger partial charge in [-0.05, 0) is 95.8 Å². The van der Waals surface area contributed by atoms with Crippen LogP contribution in [0.25, 0.3) is 16.7 Å². The van der Waals surface area contributed by atoms with Gasteiger partial charge in [-0.2, -0.15) is 4.98 Å². The van der Waals surface area contributed by atoms with Crippen molar-refractivity contribution < 1.29 is 18.3 Å². The molecular weight excluding hydrogens is 689 g/mol. The minimum Gasteiger partial charge on any atom is -0.444 e. The predicted molar refractivity (Wildman–Crippen MR) is 202 cm³/mol. The zero-order valence-corrected chi connectivity index (χ0v) is 34.1. The summed E-state index contributed by atoms with van der Waals surface area (Å²) in [7, 11) is -1.93. The van der Waals surface area contributed by atoms with Crippen LogP contribution in [0.3, 0.4) is 0 Å². The van der Waals surface area contributed by atoms with Crippen molar-refractivity contribution >= 4 is 42.9 Å². The molecule has 3 aromatic heterocycles. The molecule has 0 aromatic carbocycles. The average molecular weight is 744 g/mol. The summed E-state index contributed by atoms with van der Waals surface area (Å²) in [6.07, 6.45) is 4.71. The number of hydrogen-bond donors (Lipinski definition) is 0. The van der Waals surface area contributed by atoms with E-state index >= 15 is 4.39 Å². The lowest BCUT2D eigenvalue weighted by atomic mass is 9.97. The number of hydrogen-bond acceptors (Lipinski definition) is 9. The minimum absolute atomic E-state index is 0.0594. The fourth-order valence-corrected chi connectivity index (χ4v) is 7.59. The van der Waals surface area contributed by atoms with E-state index in [1.165, 1.54) is 10.6 Å². The van der Waals surface area contributed by atoms with Crippen LogP contribution in [-0.2, 0) is 15.6 Å². The number of amides is 1. The fraction of sp³-hybridized carbons (Fsp3) is 0.676. The van der Waals surface area contributed by atoms with Gasteiger partial charge in [0.05, 0.1) is 22.5 Å². The Balaban J connectivity index is 1.56. The molecule has 1 saturated heterocycles. The van der Waals surface area contributed by atoms with Gasteiger partial charge in [-0.15, -0.1) is 0 Å². The van der Waals surface area contributed by atoms with Crippen LogP contribution in [-0.4, -0.2) is 81.2 Å². The number of anilines is 1. The number of piperazine rings is 1. The van der Waals surface area contributed by atoms with Crippen molar-refractivity contribution in [2.45, 2.75) is 137 Å². The average Bonchev–Trinajstić information content (AvgIpc) is 3.79. The Kier molecular flexibility index (Phi) is 10.7. The molecule has 0 unspecified atom stereocenters. The zero-order chi connectivity index (χ0) is 37.8. The number of rotatable bonds is 9. The highest BCUT2D eigenvalue weighted by Gasteiger charge is 2.46. The summed E-state index contributed by atoms with van der Waals surface area (Å²) < 4.78 is 29.0. The molecule has 2 atom stereocenters. The lowest BCUT2D eigenvalue weighted by Crippen LogP contribution is -2.59. The van der Waals surface area contributed by atoms with Crippen molar-refractivity contribution in [1.29, 1.82) is 0 Å². The monoisotopic (exact) mass is 743 g/mol. The van der Waals surface area contributed by atoms with Crippen molar-refractivity contribution in [2.24, 2.45) is 5.41 Å². The van der Waals surface area contributed by atoms with Crippen molar-refractivity contribution in [3.05, 3.63) is 45.2 Å². The molecule has 0 bridgehead atoms. The molecular formula is C37H55ClFN7O4Si. The van der Waals surface area contributed by atoms with E-state index < -0.39 is 31.5 Å². The first-order valence-corrected chi connectivity index (χ1v) is 21.4. The first-order valence-electron chi connectivity index (χ1n) is 18.1. The highest BCUT2D eigenvalue weighted by atomic mass is 35.5. The number of carbonyl (C=O) groups is 1. The molecule has 11 nitrogen and oxygen atoms in total. The van der Waals surface area contributed by atoms with E-state index in [2.05, 4.69) is 48.8 Å². The van der Waals surface area contributed by atoms with E-state index in [-0.39, 0.29) is 45.1 Å². The van der Waals surface area contributed by atoms with Gasteiger partial charge in [0.2, 0.25) is 0 Å². The predicted octanol–water partition coefficient (Wildman–Crippen LogP) is 8.06. The Morgan fingerprint density at radius 3 is 2.33 bits per heavy atom. The molecule has 2 fully saturated rings. The number of aromatic nitrogens is 5. The molecule has 1 aliphatic carbocycles. The highest BCUT2D eigenvalue weighted by Crippen LogP contribution is 2.51. The van der Waals surface area contributed by atoms with Crippen molar-refractivity contribution in [3.63, 3.8) is 0 Å². The van der Waals surface area contributed by atoms with Gasteiger partial charge in [-0.25, -0.2) is 33.5 Å². The quantitative estimate of drug-likeness (QED) is 0.159. The summed E-state index contributed by atoms with van der Waals surface area (Å²) in [5.74, 6) is -0.517. The minimum atomic E-state index is -1.93. The SMILES string of the molecule is CC(C)c1ncnc(CCC2(CO[Si](C)(C)C(C)(C)C)CC2)c1-n1c(=O)nc(N2C[C@@H](C)N(C(=O)OC(C)(C)C)C[C@@H]2C)c2cc(F)c(Cl)nc21. The van der Waals surface area contributed by atoms with Crippen molar-refractivity contribution in [1.82, 2.24) is 29.4 Å². The molecule has 3 aromatic rings. The van der Waals surface area contributed by atoms with Crippen LogP contribution in [0.4, 0.5) is 15.0 Å². The molecule has 1 amide bonds. The normalized spacial score (nSPS) is 19.6. The van der Waals surface area contributed by atoms with E-state index in [1.54, 1.807) is 11.2 Å². The topological polar surface area (TPSA) is 116 Å². The van der Waals surface area contributed by atoms with Crippen molar-refractivity contribution in [3.8, 4) is 5.69 Å². The van der Waals surface area contributed by atoms with E-state index in [9.17, 15) is 9.59 Å². The van der Waals surface area contributed by atoms with E-state index in [0.29, 0.717) is 48.6 Å². The second kappa shape index (κ2) is 14.0. The fourth-order valence-electron chi connectivity index (χ4n) is 6.36. The number of fused-ring (bicyclic) bond motifs is 1. The first-order chi connectivity index (χ1) is 23.5. The molecule has 0 radical (unpaired) electrons. The Morgan fingerprint density at radius 2 is 1.75 bits per heavy atom. The number of pyridine rings is 1. The van der Waals surface area contributed by atoms with Crippen LogP contribution in [0, 0.1) is 11.2 Å². The Hall–Kier alpha value is -3.16. The van der Waals surface area contributed by atoms with Gasteiger partial charge in [-0.1, -0.05) is 46.2 Å². The van der Waals surface area contributed by atoms with Crippen molar-refractivity contribution in [2.75, 3.05) is 24.6 Å². The maximum absolute atomic E-state index is 15.3. The van der Waals surface area contributed by atoms with Gasteiger partial charge >= 0.3 is 11.8 Å². The largest absolute Gasteiger partial charge is 0.444 e. The van der Waals surface area contributed by atoms with Gasteiger partial charge in [-0.3, -0.25) is 0 Å². The second-order valence-electron chi connectivity index (χ2n) is 17.4. The van der Waals surface area contributed by atoms with E-state index in [1.807, 2.05) is 53.4 Å². The van der Waals surface area contributed by atoms with Gasteiger partial charge in [0, 0.05) is 31.8 Å². The van der Waals surface area contributed by atoms with Crippen LogP contribution >= 0.6 is 11.6 Å². The van der Waals surface area contributed by atoms with Crippen LogP contribution in [0.15, 0.2) is 17.2 Å². The summed E-state index contributed by atoms with van der Waals surface area (Å²) in [4.78, 5) is 49.4. The van der Waals surface area contributed by atoms with Crippen LogP contribution in [0.2, 0.25) is 23.3 Å². The molecule has 4 heterocycles. The van der Waals surface area contributed by atoms with Crippen LogP contribution in [0.1, 0.15) is 106 Å². The maximum atomic E-state index is 15.3. The first kappa shape index (κ1) is 39.1. The molecule has 0 spiro atoms. The molecule has 1 aliphatic heterocycles. The lowest BCUT2D eigenvalue weighted by molar-refractivity contribution is 0.0130. The van der Waals surface area contributed by atoms with Gasteiger partial charge < -0.3 is 19.0 Å². The Bertz CT molecular complexity index is 1850. The Labute approximate surface area is 307 Å². The summed E-state index contributed by atoms with van der Waals surface area (Å²) in [6.45, 7) is 26.0. The number of halogens is 2. The second-order valence-corrected chi connectivity index (χ2v) is 22.6. The third kappa shape index (κ3) is 8.25.